The summed E-state index contributed by atoms with van der Waals surface area (Å²) in [6.07, 6.45) is -1.28. The van der Waals surface area contributed by atoms with Gasteiger partial charge < -0.3 is 15.8 Å². The standard InChI is InChI=1S/C16H13Cl2N3O4/c1-9-4-2-3-5-13(9)20-15(23)21(14(19)22)16(24)25-10-6-7-11(17)12(18)8-10/h2-8H,1H3,(H2,19,22)(H,20,23). The zero-order valence-electron chi connectivity index (χ0n) is 13.0. The summed E-state index contributed by atoms with van der Waals surface area (Å²) >= 11 is 11.6. The van der Waals surface area contributed by atoms with E-state index in [1.54, 1.807) is 31.2 Å². The number of imide groups is 3. The number of nitrogens with zero attached hydrogens (tertiary/aromatic N) is 1. The van der Waals surface area contributed by atoms with Crippen LogP contribution in [0.5, 0.6) is 5.75 Å². The lowest BCUT2D eigenvalue weighted by Gasteiger charge is -2.17. The fourth-order valence-corrected chi connectivity index (χ4v) is 2.13. The van der Waals surface area contributed by atoms with Crippen LogP contribution in [0.1, 0.15) is 5.56 Å². The second kappa shape index (κ2) is 7.87. The molecular weight excluding hydrogens is 369 g/mol. The predicted molar refractivity (Wildman–Crippen MR) is 94.1 cm³/mol. The first kappa shape index (κ1) is 18.6. The summed E-state index contributed by atoms with van der Waals surface area (Å²) in [6, 6.07) is 8.48. The Balaban J connectivity index is 2.17. The number of anilines is 1. The summed E-state index contributed by atoms with van der Waals surface area (Å²) in [7, 11) is 0. The van der Waals surface area contributed by atoms with Crippen molar-refractivity contribution in [1.29, 1.82) is 0 Å². The molecule has 0 aliphatic carbocycles. The molecule has 9 heteroatoms. The number of nitrogens with one attached hydrogen (secondary N) is 1. The van der Waals surface area contributed by atoms with Crippen molar-refractivity contribution in [1.82, 2.24) is 4.90 Å². The highest BCUT2D eigenvalue weighted by atomic mass is 35.5. The lowest BCUT2D eigenvalue weighted by atomic mass is 10.2. The number of nitrogens with two attached hydrogens (primary N) is 1. The van der Waals surface area contributed by atoms with Gasteiger partial charge >= 0.3 is 18.2 Å². The second-order valence-electron chi connectivity index (χ2n) is 4.86. The maximum atomic E-state index is 12.2. The van der Waals surface area contributed by atoms with Gasteiger partial charge in [0.05, 0.1) is 10.0 Å². The van der Waals surface area contributed by atoms with Crippen molar-refractivity contribution in [3.63, 3.8) is 0 Å². The van der Waals surface area contributed by atoms with Crippen LogP contribution in [0.25, 0.3) is 0 Å². The first-order valence-corrected chi connectivity index (χ1v) is 7.68. The van der Waals surface area contributed by atoms with Crippen LogP contribution >= 0.6 is 23.2 Å². The minimum atomic E-state index is -1.30. The quantitative estimate of drug-likeness (QED) is 0.803. The molecule has 0 atom stereocenters. The molecule has 0 aliphatic rings. The van der Waals surface area contributed by atoms with E-state index in [9.17, 15) is 14.4 Å². The van der Waals surface area contributed by atoms with E-state index < -0.39 is 18.2 Å². The molecule has 130 valence electrons. The summed E-state index contributed by atoms with van der Waals surface area (Å²) in [5.41, 5.74) is 6.27. The SMILES string of the molecule is Cc1ccccc1NC(=O)N(C(N)=O)C(=O)Oc1ccc(Cl)c(Cl)c1. The van der Waals surface area contributed by atoms with Gasteiger partial charge in [-0.25, -0.2) is 14.4 Å². The predicted octanol–water partition coefficient (Wildman–Crippen LogP) is 4.41. The number of carbonyl (C=O) groups is 3. The number of urea groups is 2. The smallest absolute Gasteiger partial charge is 0.409 e. The van der Waals surface area contributed by atoms with Gasteiger partial charge in [-0.1, -0.05) is 41.4 Å². The van der Waals surface area contributed by atoms with E-state index in [0.717, 1.165) is 5.56 Å². The zero-order chi connectivity index (χ0) is 18.6. The Morgan fingerprint density at radius 2 is 1.76 bits per heavy atom. The molecule has 0 aromatic heterocycles. The van der Waals surface area contributed by atoms with Gasteiger partial charge in [-0.15, -0.1) is 4.90 Å². The molecule has 0 saturated heterocycles. The van der Waals surface area contributed by atoms with Gasteiger partial charge in [0.1, 0.15) is 5.75 Å². The van der Waals surface area contributed by atoms with Gasteiger partial charge in [0.15, 0.2) is 0 Å². The fourth-order valence-electron chi connectivity index (χ4n) is 1.84. The molecule has 0 saturated carbocycles. The lowest BCUT2D eigenvalue weighted by molar-refractivity contribution is 0.162. The zero-order valence-corrected chi connectivity index (χ0v) is 14.5. The Morgan fingerprint density at radius 1 is 1.08 bits per heavy atom. The topological polar surface area (TPSA) is 102 Å². The van der Waals surface area contributed by atoms with E-state index in [1.165, 1.54) is 18.2 Å². The van der Waals surface area contributed by atoms with Gasteiger partial charge in [-0.05, 0) is 30.7 Å². The number of carbonyl (C=O) groups excluding carboxylic acids is 3. The maximum absolute atomic E-state index is 12.2. The number of amides is 5. The highest BCUT2D eigenvalue weighted by Crippen LogP contribution is 2.26. The van der Waals surface area contributed by atoms with E-state index in [1.807, 2.05) is 0 Å². The summed E-state index contributed by atoms with van der Waals surface area (Å²) < 4.78 is 4.94. The minimum Gasteiger partial charge on any atom is -0.409 e. The van der Waals surface area contributed by atoms with Crippen molar-refractivity contribution in [2.45, 2.75) is 6.92 Å². The van der Waals surface area contributed by atoms with Gasteiger partial charge in [0.2, 0.25) is 0 Å². The Hall–Kier alpha value is -2.77. The number of rotatable bonds is 2. The maximum Gasteiger partial charge on any atom is 0.431 e. The van der Waals surface area contributed by atoms with Crippen molar-refractivity contribution in [3.05, 3.63) is 58.1 Å². The average Bonchev–Trinajstić information content (AvgIpc) is 2.53. The average molecular weight is 382 g/mol. The second-order valence-corrected chi connectivity index (χ2v) is 5.68. The number of benzene rings is 2. The molecule has 7 nitrogen and oxygen atoms in total. The van der Waals surface area contributed by atoms with E-state index >= 15 is 0 Å². The summed E-state index contributed by atoms with van der Waals surface area (Å²) in [4.78, 5) is 36.0. The monoisotopic (exact) mass is 381 g/mol. The van der Waals surface area contributed by atoms with Crippen molar-refractivity contribution in [2.24, 2.45) is 5.73 Å². The molecule has 0 heterocycles. The molecule has 0 unspecified atom stereocenters. The fraction of sp³-hybridized carbons (Fsp3) is 0.0625. The molecule has 25 heavy (non-hydrogen) atoms. The van der Waals surface area contributed by atoms with Crippen LogP contribution in [0, 0.1) is 6.92 Å². The van der Waals surface area contributed by atoms with Crippen LogP contribution in [-0.2, 0) is 0 Å². The number of primary amides is 1. The van der Waals surface area contributed by atoms with E-state index in [-0.39, 0.29) is 20.7 Å². The Bertz CT molecular complexity index is 842. The number of aryl methyl sites for hydroxylation is 1. The number of hydrogen-bond acceptors (Lipinski definition) is 4. The van der Waals surface area contributed by atoms with Crippen LogP contribution in [0.2, 0.25) is 10.0 Å². The van der Waals surface area contributed by atoms with Crippen LogP contribution in [-0.4, -0.2) is 23.1 Å². The van der Waals surface area contributed by atoms with Gasteiger partial charge in [-0.3, -0.25) is 0 Å². The Labute approximate surface area is 153 Å². The third-order valence-electron chi connectivity index (χ3n) is 3.09. The van der Waals surface area contributed by atoms with Crippen LogP contribution in [0.3, 0.4) is 0 Å². The van der Waals surface area contributed by atoms with Crippen molar-refractivity contribution in [2.75, 3.05) is 5.32 Å². The molecule has 0 aliphatic heterocycles. The molecule has 0 radical (unpaired) electrons. The highest BCUT2D eigenvalue weighted by molar-refractivity contribution is 6.42. The van der Waals surface area contributed by atoms with Gasteiger partial charge in [-0.2, -0.15) is 0 Å². The molecule has 3 N–H and O–H groups in total. The Morgan fingerprint density at radius 3 is 2.36 bits per heavy atom. The number of hydrogen-bond donors (Lipinski definition) is 2. The number of halogens is 2. The number of para-hydroxylation sites is 1. The first-order valence-electron chi connectivity index (χ1n) is 6.92. The highest BCUT2D eigenvalue weighted by Gasteiger charge is 2.29. The summed E-state index contributed by atoms with van der Waals surface area (Å²) in [5, 5.41) is 2.81. The molecule has 2 aromatic rings. The van der Waals surface area contributed by atoms with E-state index in [2.05, 4.69) is 5.32 Å². The molecule has 0 spiro atoms. The minimum absolute atomic E-state index is 0.00524. The molecule has 5 amide bonds. The van der Waals surface area contributed by atoms with Crippen LogP contribution in [0.15, 0.2) is 42.5 Å². The summed E-state index contributed by atoms with van der Waals surface area (Å²) in [5.74, 6) is -0.00524. The van der Waals surface area contributed by atoms with Crippen LogP contribution in [0.4, 0.5) is 20.1 Å². The van der Waals surface area contributed by atoms with Gasteiger partial charge in [0, 0.05) is 11.8 Å². The van der Waals surface area contributed by atoms with Crippen molar-refractivity contribution >= 4 is 47.0 Å². The molecule has 0 fully saturated rings. The molecular formula is C16H13Cl2N3O4. The third kappa shape index (κ3) is 4.62. The largest absolute Gasteiger partial charge is 0.431 e. The first-order chi connectivity index (χ1) is 11.8. The molecule has 0 bridgehead atoms. The number of ether oxygens (including phenoxy) is 1. The van der Waals surface area contributed by atoms with Gasteiger partial charge in [0.25, 0.3) is 0 Å². The molecule has 2 aromatic carbocycles. The summed E-state index contributed by atoms with van der Waals surface area (Å²) in [6.45, 7) is 1.75. The Kier molecular flexibility index (Phi) is 5.84. The molecule has 2 rings (SSSR count). The van der Waals surface area contributed by atoms with Crippen molar-refractivity contribution < 1.29 is 19.1 Å². The lowest BCUT2D eigenvalue weighted by Crippen LogP contribution is -2.48. The van der Waals surface area contributed by atoms with E-state index in [4.69, 9.17) is 33.7 Å². The third-order valence-corrected chi connectivity index (χ3v) is 3.83. The normalized spacial score (nSPS) is 10.0. The van der Waals surface area contributed by atoms with Crippen LogP contribution < -0.4 is 15.8 Å². The van der Waals surface area contributed by atoms with E-state index in [0.29, 0.717) is 5.69 Å². The van der Waals surface area contributed by atoms with Crippen molar-refractivity contribution in [3.8, 4) is 5.75 Å².